The second-order valence-corrected chi connectivity index (χ2v) is 5.46. The van der Waals surface area contributed by atoms with Crippen LogP contribution in [-0.4, -0.2) is 32.5 Å². The van der Waals surface area contributed by atoms with Crippen molar-refractivity contribution in [1.82, 2.24) is 0 Å². The van der Waals surface area contributed by atoms with Crippen LogP contribution >= 0.6 is 0 Å². The van der Waals surface area contributed by atoms with Crippen molar-refractivity contribution < 1.29 is 18.9 Å². The number of ether oxygens (including phenoxy) is 4. The first-order chi connectivity index (χ1) is 9.52. The van der Waals surface area contributed by atoms with Crippen LogP contribution in [0.3, 0.4) is 0 Å². The van der Waals surface area contributed by atoms with Gasteiger partial charge in [-0.2, -0.15) is 0 Å². The molecule has 1 aliphatic rings. The van der Waals surface area contributed by atoms with Gasteiger partial charge in [-0.05, 0) is 26.3 Å². The smallest absolute Gasteiger partial charge is 0.163 e. The molecule has 0 aliphatic carbocycles. The summed E-state index contributed by atoms with van der Waals surface area (Å²) >= 11 is 0. The fourth-order valence-corrected chi connectivity index (χ4v) is 1.87. The predicted octanol–water partition coefficient (Wildman–Crippen LogP) is 2.37. The molecule has 0 aromatic heterocycles. The monoisotopic (exact) mass is 281 g/mol. The first-order valence-corrected chi connectivity index (χ1v) is 6.83. The van der Waals surface area contributed by atoms with Gasteiger partial charge in [-0.3, -0.25) is 0 Å². The molecule has 0 atom stereocenters. The lowest BCUT2D eigenvalue weighted by Gasteiger charge is -2.23. The molecule has 1 aromatic rings. The molecular formula is C15H23NO4. The molecule has 0 spiro atoms. The van der Waals surface area contributed by atoms with E-state index in [1.807, 2.05) is 19.9 Å². The third-order valence-electron chi connectivity index (χ3n) is 3.46. The van der Waals surface area contributed by atoms with Crippen LogP contribution < -0.4 is 15.2 Å². The lowest BCUT2D eigenvalue weighted by atomic mass is 10.1. The van der Waals surface area contributed by atoms with Crippen LogP contribution in [0.25, 0.3) is 0 Å². The van der Waals surface area contributed by atoms with E-state index in [9.17, 15) is 0 Å². The van der Waals surface area contributed by atoms with Gasteiger partial charge in [-0.25, -0.2) is 0 Å². The fourth-order valence-electron chi connectivity index (χ4n) is 1.87. The van der Waals surface area contributed by atoms with Gasteiger partial charge in [0, 0.05) is 31.0 Å². The minimum atomic E-state index is -0.168. The molecule has 2 rings (SSSR count). The number of nitrogens with two attached hydrogens (primary N) is 1. The summed E-state index contributed by atoms with van der Waals surface area (Å²) in [7, 11) is 1.71. The molecule has 1 aliphatic heterocycles. The second kappa shape index (κ2) is 6.33. The normalized spacial score (nSPS) is 14.3. The van der Waals surface area contributed by atoms with Crippen molar-refractivity contribution in [1.29, 1.82) is 0 Å². The van der Waals surface area contributed by atoms with Crippen molar-refractivity contribution >= 4 is 5.69 Å². The highest BCUT2D eigenvalue weighted by molar-refractivity contribution is 5.58. The number of benzene rings is 1. The number of anilines is 1. The molecule has 5 nitrogen and oxygen atoms in total. The maximum absolute atomic E-state index is 6.00. The standard InChI is InChI=1S/C15H23NO4/c1-15(2,17-3)4-5-18-10-11-8-13-14(9-12(11)16)20-7-6-19-13/h8-9H,4-7,10,16H2,1-3H3. The van der Waals surface area contributed by atoms with Crippen LogP contribution in [0, 0.1) is 0 Å². The zero-order valence-corrected chi connectivity index (χ0v) is 12.4. The number of methoxy groups -OCH3 is 1. The summed E-state index contributed by atoms with van der Waals surface area (Å²) in [6.07, 6.45) is 0.827. The lowest BCUT2D eigenvalue weighted by Crippen LogP contribution is -2.24. The van der Waals surface area contributed by atoms with Gasteiger partial charge in [0.25, 0.3) is 0 Å². The highest BCUT2D eigenvalue weighted by Gasteiger charge is 2.17. The Morgan fingerprint density at radius 2 is 1.85 bits per heavy atom. The second-order valence-electron chi connectivity index (χ2n) is 5.46. The first-order valence-electron chi connectivity index (χ1n) is 6.83. The van der Waals surface area contributed by atoms with Crippen LogP contribution in [0.2, 0.25) is 0 Å². The van der Waals surface area contributed by atoms with E-state index in [4.69, 9.17) is 24.7 Å². The summed E-state index contributed by atoms with van der Waals surface area (Å²) in [6.45, 7) is 6.29. The van der Waals surface area contributed by atoms with Crippen LogP contribution in [0.15, 0.2) is 12.1 Å². The highest BCUT2D eigenvalue weighted by atomic mass is 16.6. The molecule has 0 saturated carbocycles. The largest absolute Gasteiger partial charge is 0.486 e. The van der Waals surface area contributed by atoms with E-state index >= 15 is 0 Å². The molecule has 0 amide bonds. The molecule has 1 heterocycles. The van der Waals surface area contributed by atoms with Gasteiger partial charge in [-0.1, -0.05) is 0 Å². The SMILES string of the molecule is COC(C)(C)CCOCc1cc2c(cc1N)OCCO2. The number of rotatable bonds is 6. The van der Waals surface area contributed by atoms with Crippen molar-refractivity contribution in [3.63, 3.8) is 0 Å². The Labute approximate surface area is 120 Å². The van der Waals surface area contributed by atoms with Crippen molar-refractivity contribution in [2.45, 2.75) is 32.5 Å². The summed E-state index contributed by atoms with van der Waals surface area (Å²) in [5.74, 6) is 1.44. The Balaban J connectivity index is 1.90. The summed E-state index contributed by atoms with van der Waals surface area (Å²) in [6, 6.07) is 3.69. The maximum atomic E-state index is 6.00. The van der Waals surface area contributed by atoms with Crippen molar-refractivity contribution in [3.8, 4) is 11.5 Å². The third kappa shape index (κ3) is 3.77. The zero-order valence-electron chi connectivity index (χ0n) is 12.4. The molecule has 20 heavy (non-hydrogen) atoms. The summed E-state index contributed by atoms with van der Waals surface area (Å²) in [5, 5.41) is 0. The number of fused-ring (bicyclic) bond motifs is 1. The van der Waals surface area contributed by atoms with E-state index in [0.29, 0.717) is 37.9 Å². The first kappa shape index (κ1) is 14.9. The van der Waals surface area contributed by atoms with Crippen molar-refractivity contribution in [2.75, 3.05) is 32.7 Å². The predicted molar refractivity (Wildman–Crippen MR) is 77.2 cm³/mol. The van der Waals surface area contributed by atoms with E-state index in [1.54, 1.807) is 13.2 Å². The van der Waals surface area contributed by atoms with Gasteiger partial charge in [0.05, 0.1) is 12.2 Å². The third-order valence-corrected chi connectivity index (χ3v) is 3.46. The van der Waals surface area contributed by atoms with Crippen LogP contribution in [0.5, 0.6) is 11.5 Å². The minimum absolute atomic E-state index is 0.168. The van der Waals surface area contributed by atoms with E-state index in [1.165, 1.54) is 0 Å². The van der Waals surface area contributed by atoms with E-state index < -0.39 is 0 Å². The van der Waals surface area contributed by atoms with Gasteiger partial charge in [0.1, 0.15) is 13.2 Å². The van der Waals surface area contributed by atoms with Crippen LogP contribution in [0.4, 0.5) is 5.69 Å². The number of nitrogen functional groups attached to an aromatic ring is 1. The van der Waals surface area contributed by atoms with E-state index in [0.717, 1.165) is 17.7 Å². The summed E-state index contributed by atoms with van der Waals surface area (Å²) < 4.78 is 22.0. The average molecular weight is 281 g/mol. The highest BCUT2D eigenvalue weighted by Crippen LogP contribution is 2.34. The Kier molecular flexibility index (Phi) is 4.73. The topological polar surface area (TPSA) is 62.9 Å². The molecule has 2 N–H and O–H groups in total. The minimum Gasteiger partial charge on any atom is -0.486 e. The lowest BCUT2D eigenvalue weighted by molar-refractivity contribution is -0.0124. The number of hydrogen-bond acceptors (Lipinski definition) is 5. The Hall–Kier alpha value is -1.46. The molecule has 0 bridgehead atoms. The van der Waals surface area contributed by atoms with Gasteiger partial charge in [-0.15, -0.1) is 0 Å². The van der Waals surface area contributed by atoms with Gasteiger partial charge in [0.2, 0.25) is 0 Å². The van der Waals surface area contributed by atoms with Gasteiger partial charge < -0.3 is 24.7 Å². The van der Waals surface area contributed by atoms with Crippen LogP contribution in [-0.2, 0) is 16.1 Å². The van der Waals surface area contributed by atoms with Crippen molar-refractivity contribution in [2.24, 2.45) is 0 Å². The molecule has 1 aromatic carbocycles. The summed E-state index contributed by atoms with van der Waals surface area (Å²) in [5.41, 5.74) is 7.42. The molecule has 112 valence electrons. The van der Waals surface area contributed by atoms with E-state index in [2.05, 4.69) is 0 Å². The molecular weight excluding hydrogens is 258 g/mol. The molecule has 0 radical (unpaired) electrons. The maximum Gasteiger partial charge on any atom is 0.163 e. The van der Waals surface area contributed by atoms with Crippen LogP contribution in [0.1, 0.15) is 25.8 Å². The fraction of sp³-hybridized carbons (Fsp3) is 0.600. The Bertz CT molecular complexity index is 459. The average Bonchev–Trinajstić information content (AvgIpc) is 2.44. The Morgan fingerprint density at radius 3 is 2.50 bits per heavy atom. The van der Waals surface area contributed by atoms with Gasteiger partial charge in [0.15, 0.2) is 11.5 Å². The van der Waals surface area contributed by atoms with Gasteiger partial charge >= 0.3 is 0 Å². The number of hydrogen-bond donors (Lipinski definition) is 1. The summed E-state index contributed by atoms with van der Waals surface area (Å²) in [4.78, 5) is 0. The molecule has 5 heteroatoms. The Morgan fingerprint density at radius 1 is 1.20 bits per heavy atom. The molecule has 0 saturated heterocycles. The van der Waals surface area contributed by atoms with E-state index in [-0.39, 0.29) is 5.60 Å². The zero-order chi connectivity index (χ0) is 14.6. The quantitative estimate of drug-likeness (QED) is 0.640. The molecule has 0 fully saturated rings. The van der Waals surface area contributed by atoms with Crippen molar-refractivity contribution in [3.05, 3.63) is 17.7 Å². The molecule has 0 unspecified atom stereocenters.